The molecule has 0 fully saturated rings. The van der Waals surface area contributed by atoms with E-state index in [4.69, 9.17) is 10.00 Å². The molecule has 0 amide bonds. The minimum Gasteiger partial charge on any atom is -0.493 e. The number of hydrogen-bond acceptors (Lipinski definition) is 5. The molecule has 0 radical (unpaired) electrons. The van der Waals surface area contributed by atoms with E-state index in [1.54, 1.807) is 24.3 Å². The van der Waals surface area contributed by atoms with Crippen molar-refractivity contribution >= 4 is 15.7 Å². The number of imidazole rings is 1. The summed E-state index contributed by atoms with van der Waals surface area (Å²) in [6, 6.07) is 8.64. The van der Waals surface area contributed by atoms with Crippen molar-refractivity contribution in [1.82, 2.24) is 9.97 Å². The van der Waals surface area contributed by atoms with Crippen LogP contribution in [0.15, 0.2) is 41.8 Å². The van der Waals surface area contributed by atoms with Gasteiger partial charge in [0.1, 0.15) is 5.75 Å². The van der Waals surface area contributed by atoms with Gasteiger partial charge in [-0.2, -0.15) is 13.7 Å². The molecule has 0 spiro atoms. The van der Waals surface area contributed by atoms with Gasteiger partial charge in [-0.05, 0) is 18.6 Å². The third-order valence-electron chi connectivity index (χ3n) is 2.55. The van der Waals surface area contributed by atoms with E-state index in [1.807, 2.05) is 6.07 Å². The average molecular weight is 306 g/mol. The smallest absolute Gasteiger partial charge is 0.278 e. The fourth-order valence-corrected chi connectivity index (χ4v) is 2.55. The number of nitrogens with zero attached hydrogens (tertiary/aromatic N) is 2. The summed E-state index contributed by atoms with van der Waals surface area (Å²) < 4.78 is 31.9. The zero-order valence-electron chi connectivity index (χ0n) is 11.1. The molecular formula is C13H14N4O3S. The normalized spacial score (nSPS) is 10.8. The Kier molecular flexibility index (Phi) is 4.79. The summed E-state index contributed by atoms with van der Waals surface area (Å²) in [5, 5.41) is 8.42. The van der Waals surface area contributed by atoms with E-state index in [0.29, 0.717) is 30.9 Å². The van der Waals surface area contributed by atoms with Gasteiger partial charge < -0.3 is 9.72 Å². The quantitative estimate of drug-likeness (QED) is 0.759. The highest BCUT2D eigenvalue weighted by molar-refractivity contribution is 7.92. The number of benzene rings is 1. The van der Waals surface area contributed by atoms with Gasteiger partial charge in [0.15, 0.2) is 5.03 Å². The molecule has 110 valence electrons. The molecule has 0 aliphatic rings. The van der Waals surface area contributed by atoms with Gasteiger partial charge in [-0.3, -0.25) is 4.72 Å². The minimum atomic E-state index is -3.68. The van der Waals surface area contributed by atoms with Gasteiger partial charge in [-0.1, -0.05) is 6.07 Å². The van der Waals surface area contributed by atoms with Gasteiger partial charge in [0.05, 0.1) is 30.9 Å². The Labute approximate surface area is 122 Å². The Morgan fingerprint density at radius 3 is 3.00 bits per heavy atom. The molecule has 0 bridgehead atoms. The second kappa shape index (κ2) is 6.76. The molecule has 7 nitrogen and oxygen atoms in total. The lowest BCUT2D eigenvalue weighted by Gasteiger charge is -2.09. The van der Waals surface area contributed by atoms with Crippen LogP contribution < -0.4 is 9.46 Å². The van der Waals surface area contributed by atoms with Crippen LogP contribution in [-0.2, 0) is 10.0 Å². The first-order valence-electron chi connectivity index (χ1n) is 6.23. The Balaban J connectivity index is 2.03. The van der Waals surface area contributed by atoms with E-state index in [9.17, 15) is 8.42 Å². The number of anilines is 1. The lowest BCUT2D eigenvalue weighted by Crippen LogP contribution is -2.13. The predicted molar refractivity (Wildman–Crippen MR) is 76.2 cm³/mol. The molecule has 2 rings (SSSR count). The van der Waals surface area contributed by atoms with E-state index in [0.717, 1.165) is 0 Å². The molecule has 0 saturated carbocycles. The first-order valence-corrected chi connectivity index (χ1v) is 7.71. The Bertz CT molecular complexity index is 720. The van der Waals surface area contributed by atoms with Gasteiger partial charge in [0, 0.05) is 12.5 Å². The number of nitriles is 1. The van der Waals surface area contributed by atoms with E-state index in [2.05, 4.69) is 14.7 Å². The van der Waals surface area contributed by atoms with E-state index >= 15 is 0 Å². The fourth-order valence-electron chi connectivity index (χ4n) is 1.59. The van der Waals surface area contributed by atoms with Crippen LogP contribution in [0.4, 0.5) is 5.69 Å². The SMILES string of the molecule is N#CCCCOc1cccc(NS(=O)(=O)c2cnc[nH]2)c1. The van der Waals surface area contributed by atoms with Gasteiger partial charge in [0.2, 0.25) is 0 Å². The second-order valence-corrected chi connectivity index (χ2v) is 5.81. The standard InChI is InChI=1S/C13H14N4O3S/c14-6-1-2-7-20-12-5-3-4-11(8-12)17-21(18,19)13-9-15-10-16-13/h3-5,8-10,17H,1-2,7H2,(H,15,16). The summed E-state index contributed by atoms with van der Waals surface area (Å²) in [7, 11) is -3.68. The van der Waals surface area contributed by atoms with Crippen molar-refractivity contribution in [1.29, 1.82) is 5.26 Å². The fraction of sp³-hybridized carbons (Fsp3) is 0.231. The number of nitrogens with one attached hydrogen (secondary N) is 2. The summed E-state index contributed by atoms with van der Waals surface area (Å²) >= 11 is 0. The first kappa shape index (κ1) is 14.9. The highest BCUT2D eigenvalue weighted by Gasteiger charge is 2.15. The van der Waals surface area contributed by atoms with E-state index in [-0.39, 0.29) is 5.03 Å². The van der Waals surface area contributed by atoms with Crippen LogP contribution in [0, 0.1) is 11.3 Å². The Morgan fingerprint density at radius 2 is 2.29 bits per heavy atom. The molecule has 0 aliphatic carbocycles. The average Bonchev–Trinajstić information content (AvgIpc) is 2.99. The minimum absolute atomic E-state index is 0.0113. The van der Waals surface area contributed by atoms with Crippen molar-refractivity contribution < 1.29 is 13.2 Å². The van der Waals surface area contributed by atoms with Gasteiger partial charge in [0.25, 0.3) is 10.0 Å². The topological polar surface area (TPSA) is 108 Å². The number of H-pyrrole nitrogens is 1. The molecule has 2 aromatic rings. The molecule has 8 heteroatoms. The molecule has 0 atom stereocenters. The third kappa shape index (κ3) is 4.22. The molecule has 2 N–H and O–H groups in total. The molecule has 21 heavy (non-hydrogen) atoms. The van der Waals surface area contributed by atoms with Crippen molar-refractivity contribution in [2.24, 2.45) is 0 Å². The number of unbranched alkanes of at least 4 members (excludes halogenated alkanes) is 1. The molecule has 0 unspecified atom stereocenters. The largest absolute Gasteiger partial charge is 0.493 e. The molecular weight excluding hydrogens is 292 g/mol. The number of hydrogen-bond donors (Lipinski definition) is 2. The van der Waals surface area contributed by atoms with Crippen molar-refractivity contribution in [3.63, 3.8) is 0 Å². The van der Waals surface area contributed by atoms with Gasteiger partial charge >= 0.3 is 0 Å². The predicted octanol–water partition coefficient (Wildman–Crippen LogP) is 1.89. The molecule has 1 heterocycles. The highest BCUT2D eigenvalue weighted by Crippen LogP contribution is 2.20. The van der Waals surface area contributed by atoms with E-state index in [1.165, 1.54) is 12.5 Å². The van der Waals surface area contributed by atoms with Crippen LogP contribution in [0.1, 0.15) is 12.8 Å². The van der Waals surface area contributed by atoms with Gasteiger partial charge in [-0.15, -0.1) is 0 Å². The Morgan fingerprint density at radius 1 is 1.43 bits per heavy atom. The number of rotatable bonds is 7. The van der Waals surface area contributed by atoms with Crippen LogP contribution in [-0.4, -0.2) is 25.0 Å². The summed E-state index contributed by atoms with van der Waals surface area (Å²) in [6.07, 6.45) is 3.57. The second-order valence-electron chi connectivity index (χ2n) is 4.16. The van der Waals surface area contributed by atoms with Crippen molar-refractivity contribution in [2.75, 3.05) is 11.3 Å². The summed E-state index contributed by atoms with van der Waals surface area (Å²) in [6.45, 7) is 0.407. The molecule has 0 saturated heterocycles. The van der Waals surface area contributed by atoms with Crippen LogP contribution in [0.3, 0.4) is 0 Å². The number of aromatic nitrogens is 2. The first-order chi connectivity index (χ1) is 10.1. The van der Waals surface area contributed by atoms with Crippen molar-refractivity contribution in [3.05, 3.63) is 36.8 Å². The monoisotopic (exact) mass is 306 g/mol. The lowest BCUT2D eigenvalue weighted by molar-refractivity contribution is 0.313. The zero-order valence-corrected chi connectivity index (χ0v) is 11.9. The molecule has 1 aromatic carbocycles. The summed E-state index contributed by atoms with van der Waals surface area (Å²) in [5.74, 6) is 0.540. The van der Waals surface area contributed by atoms with Crippen molar-refractivity contribution in [3.8, 4) is 11.8 Å². The summed E-state index contributed by atoms with van der Waals surface area (Å²) in [5.41, 5.74) is 0.391. The molecule has 1 aromatic heterocycles. The third-order valence-corrected chi connectivity index (χ3v) is 3.86. The van der Waals surface area contributed by atoms with Crippen LogP contribution in [0.5, 0.6) is 5.75 Å². The number of sulfonamides is 1. The molecule has 0 aliphatic heterocycles. The van der Waals surface area contributed by atoms with Gasteiger partial charge in [-0.25, -0.2) is 4.98 Å². The van der Waals surface area contributed by atoms with Crippen LogP contribution >= 0.6 is 0 Å². The maximum Gasteiger partial charge on any atom is 0.278 e. The summed E-state index contributed by atoms with van der Waals surface area (Å²) in [4.78, 5) is 6.22. The maximum atomic E-state index is 12.0. The highest BCUT2D eigenvalue weighted by atomic mass is 32.2. The maximum absolute atomic E-state index is 12.0. The van der Waals surface area contributed by atoms with Crippen LogP contribution in [0.25, 0.3) is 0 Å². The Hall–Kier alpha value is -2.53. The van der Waals surface area contributed by atoms with Crippen molar-refractivity contribution in [2.45, 2.75) is 17.9 Å². The van der Waals surface area contributed by atoms with Crippen LogP contribution in [0.2, 0.25) is 0 Å². The zero-order chi connectivity index (χ0) is 15.1. The number of ether oxygens (including phenoxy) is 1. The van der Waals surface area contributed by atoms with E-state index < -0.39 is 10.0 Å². The number of aromatic amines is 1. The lowest BCUT2D eigenvalue weighted by atomic mass is 10.3.